The summed E-state index contributed by atoms with van der Waals surface area (Å²) in [4.78, 5) is 10.1. The predicted octanol–water partition coefficient (Wildman–Crippen LogP) is 0.979. The Kier molecular flexibility index (Phi) is 2.13. The molecule has 0 aromatic carbocycles. The van der Waals surface area contributed by atoms with Crippen LogP contribution in [-0.4, -0.2) is 34.1 Å². The van der Waals surface area contributed by atoms with Gasteiger partial charge in [0.05, 0.1) is 18.4 Å². The third-order valence-corrected chi connectivity index (χ3v) is 3.72. The number of alkyl halides is 2. The molecule has 0 spiro atoms. The van der Waals surface area contributed by atoms with Gasteiger partial charge in [0.1, 0.15) is 0 Å². The van der Waals surface area contributed by atoms with Gasteiger partial charge in [0, 0.05) is 30.5 Å². The van der Waals surface area contributed by atoms with Crippen molar-refractivity contribution in [2.24, 2.45) is 11.8 Å². The summed E-state index contributed by atoms with van der Waals surface area (Å²) in [6.45, 7) is 2.34. The van der Waals surface area contributed by atoms with Crippen molar-refractivity contribution in [1.82, 2.24) is 9.97 Å². The zero-order valence-electron chi connectivity index (χ0n) is 9.40. The predicted molar refractivity (Wildman–Crippen MR) is 56.8 cm³/mol. The van der Waals surface area contributed by atoms with Gasteiger partial charge in [-0.25, -0.2) is 18.7 Å². The summed E-state index contributed by atoms with van der Waals surface area (Å²) >= 11 is 0. The summed E-state index contributed by atoms with van der Waals surface area (Å²) in [6, 6.07) is 0. The highest BCUT2D eigenvalue weighted by Crippen LogP contribution is 2.59. The second-order valence-corrected chi connectivity index (χ2v) is 4.73. The van der Waals surface area contributed by atoms with E-state index >= 15 is 0 Å². The zero-order chi connectivity index (χ0) is 12.2. The van der Waals surface area contributed by atoms with E-state index in [1.165, 1.54) is 0 Å². The number of halogens is 2. The molecule has 2 fully saturated rings. The maximum absolute atomic E-state index is 13.0. The number of nitrogens with zero attached hydrogens (tertiary/aromatic N) is 3. The Bertz CT molecular complexity index is 452. The van der Waals surface area contributed by atoms with Crippen molar-refractivity contribution in [2.75, 3.05) is 18.0 Å². The van der Waals surface area contributed by atoms with Crippen LogP contribution in [0.3, 0.4) is 0 Å². The molecule has 1 N–H and O–H groups in total. The normalized spacial score (nSPS) is 29.3. The molecule has 1 aliphatic carbocycles. The van der Waals surface area contributed by atoms with Crippen molar-refractivity contribution >= 4 is 5.95 Å². The van der Waals surface area contributed by atoms with Gasteiger partial charge in [-0.3, -0.25) is 0 Å². The first-order valence-corrected chi connectivity index (χ1v) is 5.60. The monoisotopic (exact) mass is 241 g/mol. The molecule has 1 aromatic rings. The first-order chi connectivity index (χ1) is 8.04. The number of rotatable bonds is 2. The van der Waals surface area contributed by atoms with Crippen molar-refractivity contribution in [3.63, 3.8) is 0 Å². The fourth-order valence-electron chi connectivity index (χ4n) is 2.46. The Morgan fingerprint density at radius 1 is 1.47 bits per heavy atom. The standard InChI is InChI=1S/C11H13F2N3O/c1-6-7(5-17)2-14-10(15-6)16-3-8-9(4-16)11(8,12)13/h2,8-9,17H,3-5H2,1H3/t8-,9?/m0/s1. The number of aryl methyl sites for hydroxylation is 1. The quantitative estimate of drug-likeness (QED) is 0.838. The molecule has 1 saturated carbocycles. The number of aliphatic hydroxyl groups excluding tert-OH is 1. The van der Waals surface area contributed by atoms with E-state index in [2.05, 4.69) is 9.97 Å². The Hall–Kier alpha value is -1.30. The molecule has 1 aliphatic heterocycles. The van der Waals surface area contributed by atoms with Gasteiger partial charge in [0.2, 0.25) is 5.95 Å². The van der Waals surface area contributed by atoms with E-state index in [0.717, 1.165) is 0 Å². The zero-order valence-corrected chi connectivity index (χ0v) is 9.40. The highest BCUT2D eigenvalue weighted by Gasteiger charge is 2.71. The number of fused-ring (bicyclic) bond motifs is 1. The summed E-state index contributed by atoms with van der Waals surface area (Å²) in [7, 11) is 0. The van der Waals surface area contributed by atoms with Crippen LogP contribution >= 0.6 is 0 Å². The number of hydrogen-bond donors (Lipinski definition) is 1. The molecule has 1 saturated heterocycles. The Morgan fingerprint density at radius 2 is 2.12 bits per heavy atom. The van der Waals surface area contributed by atoms with Gasteiger partial charge in [-0.05, 0) is 6.92 Å². The summed E-state index contributed by atoms with van der Waals surface area (Å²) in [5, 5.41) is 9.00. The molecule has 0 bridgehead atoms. The molecule has 92 valence electrons. The lowest BCUT2D eigenvalue weighted by Crippen LogP contribution is -2.29. The number of aromatic nitrogens is 2. The number of aliphatic hydroxyl groups is 1. The lowest BCUT2D eigenvalue weighted by molar-refractivity contribution is 0.0796. The minimum absolute atomic E-state index is 0.102. The Labute approximate surface area is 97.3 Å². The van der Waals surface area contributed by atoms with Crippen molar-refractivity contribution in [3.05, 3.63) is 17.5 Å². The lowest BCUT2D eigenvalue weighted by atomic mass is 10.2. The van der Waals surface area contributed by atoms with Crippen LogP contribution in [0.25, 0.3) is 0 Å². The Balaban J connectivity index is 1.77. The highest BCUT2D eigenvalue weighted by molar-refractivity contribution is 5.38. The smallest absolute Gasteiger partial charge is 0.258 e. The summed E-state index contributed by atoms with van der Waals surface area (Å²) in [5.41, 5.74) is 1.37. The van der Waals surface area contributed by atoms with E-state index in [-0.39, 0.29) is 6.61 Å². The van der Waals surface area contributed by atoms with E-state index in [1.54, 1.807) is 18.0 Å². The summed E-state index contributed by atoms with van der Waals surface area (Å²) in [6.07, 6.45) is 1.56. The molecule has 17 heavy (non-hydrogen) atoms. The molecule has 2 heterocycles. The molecule has 1 unspecified atom stereocenters. The molecule has 6 heteroatoms. The van der Waals surface area contributed by atoms with Crippen LogP contribution in [0.15, 0.2) is 6.20 Å². The van der Waals surface area contributed by atoms with E-state index in [1.807, 2.05) is 0 Å². The fourth-order valence-corrected chi connectivity index (χ4v) is 2.46. The first kappa shape index (κ1) is 10.8. The van der Waals surface area contributed by atoms with Gasteiger partial charge in [0.15, 0.2) is 0 Å². The molecular weight excluding hydrogens is 228 g/mol. The maximum Gasteiger partial charge on any atom is 0.258 e. The summed E-state index contributed by atoms with van der Waals surface area (Å²) < 4.78 is 26.1. The SMILES string of the molecule is Cc1nc(N2CC3[C@H](C2)C3(F)F)ncc1CO. The molecule has 3 rings (SSSR count). The van der Waals surface area contributed by atoms with Gasteiger partial charge in [-0.1, -0.05) is 0 Å². The molecule has 1 aromatic heterocycles. The topological polar surface area (TPSA) is 49.2 Å². The Morgan fingerprint density at radius 3 is 2.65 bits per heavy atom. The molecule has 4 nitrogen and oxygen atoms in total. The van der Waals surface area contributed by atoms with Crippen molar-refractivity contribution < 1.29 is 13.9 Å². The molecule has 0 radical (unpaired) electrons. The minimum atomic E-state index is -2.48. The van der Waals surface area contributed by atoms with E-state index < -0.39 is 17.8 Å². The fraction of sp³-hybridized carbons (Fsp3) is 0.636. The molecule has 2 atom stereocenters. The van der Waals surface area contributed by atoms with Crippen LogP contribution < -0.4 is 4.90 Å². The van der Waals surface area contributed by atoms with Gasteiger partial charge in [-0.15, -0.1) is 0 Å². The minimum Gasteiger partial charge on any atom is -0.392 e. The number of hydrogen-bond acceptors (Lipinski definition) is 4. The number of piperidine rings is 1. The van der Waals surface area contributed by atoms with Crippen molar-refractivity contribution in [2.45, 2.75) is 19.5 Å². The first-order valence-electron chi connectivity index (χ1n) is 5.60. The molecular formula is C11H13F2N3O. The largest absolute Gasteiger partial charge is 0.392 e. The van der Waals surface area contributed by atoms with Crippen LogP contribution in [0.4, 0.5) is 14.7 Å². The second-order valence-electron chi connectivity index (χ2n) is 4.73. The van der Waals surface area contributed by atoms with E-state index in [0.29, 0.717) is 30.3 Å². The molecule has 0 amide bonds. The van der Waals surface area contributed by atoms with E-state index in [9.17, 15) is 8.78 Å². The van der Waals surface area contributed by atoms with Crippen LogP contribution in [0.2, 0.25) is 0 Å². The average molecular weight is 241 g/mol. The lowest BCUT2D eigenvalue weighted by Gasteiger charge is -2.20. The van der Waals surface area contributed by atoms with Crippen molar-refractivity contribution in [3.8, 4) is 0 Å². The van der Waals surface area contributed by atoms with Crippen molar-refractivity contribution in [1.29, 1.82) is 0 Å². The van der Waals surface area contributed by atoms with Gasteiger partial charge in [0.25, 0.3) is 5.92 Å². The highest BCUT2D eigenvalue weighted by atomic mass is 19.3. The maximum atomic E-state index is 13.0. The number of anilines is 1. The second kappa shape index (κ2) is 3.35. The van der Waals surface area contributed by atoms with Crippen LogP contribution in [0.1, 0.15) is 11.3 Å². The van der Waals surface area contributed by atoms with Crippen LogP contribution in [-0.2, 0) is 6.61 Å². The average Bonchev–Trinajstić information content (AvgIpc) is 2.70. The van der Waals surface area contributed by atoms with Gasteiger partial charge in [-0.2, -0.15) is 0 Å². The summed E-state index contributed by atoms with van der Waals surface area (Å²) in [5.74, 6) is -3.04. The third-order valence-electron chi connectivity index (χ3n) is 3.72. The third kappa shape index (κ3) is 1.50. The van der Waals surface area contributed by atoms with E-state index in [4.69, 9.17) is 5.11 Å². The van der Waals surface area contributed by atoms with Crippen LogP contribution in [0.5, 0.6) is 0 Å². The molecule has 2 aliphatic rings. The van der Waals surface area contributed by atoms with Gasteiger partial charge < -0.3 is 10.0 Å². The van der Waals surface area contributed by atoms with Crippen LogP contribution in [0, 0.1) is 18.8 Å². The van der Waals surface area contributed by atoms with Gasteiger partial charge >= 0.3 is 0 Å².